The molecular weight excluding hydrogens is 406 g/mol. The van der Waals surface area contributed by atoms with Crippen LogP contribution in [0.25, 0.3) is 0 Å². The molecule has 2 unspecified atom stereocenters. The number of nitrogens with two attached hydrogens (primary N) is 2. The first-order valence-corrected chi connectivity index (χ1v) is 10.0. The Morgan fingerprint density at radius 1 is 1.39 bits per heavy atom. The van der Waals surface area contributed by atoms with Crippen molar-refractivity contribution in [2.75, 3.05) is 12.3 Å². The zero-order valence-corrected chi connectivity index (χ0v) is 18.0. The maximum absolute atomic E-state index is 12.5. The molecule has 11 heteroatoms. The number of nitrogen functional groups attached to an aromatic ring is 1. The monoisotopic (exact) mass is 435 g/mol. The standard InChI is InChI=1S/C20H29N5O6/c1-10(2)14(23)18(28)31-15-12(8-30-17(27)11(3)4)7-20(9-21,16(15)26)25-6-5-13(22)24-19(25)29/h5-6,10-12,14-16,26H,7-8,23H2,1-4H3,(H2,22,24,29)/t12-,14+,15?,16?,20+/m1/s1. The average Bonchev–Trinajstić information content (AvgIpc) is 2.97. The van der Waals surface area contributed by atoms with Crippen molar-refractivity contribution in [1.29, 1.82) is 5.26 Å². The van der Waals surface area contributed by atoms with Crippen LogP contribution in [-0.2, 0) is 24.6 Å². The molecule has 0 aliphatic heterocycles. The molecule has 0 radical (unpaired) electrons. The number of aromatic nitrogens is 2. The van der Waals surface area contributed by atoms with Gasteiger partial charge in [0.2, 0.25) is 0 Å². The molecule has 1 aromatic rings. The highest BCUT2D eigenvalue weighted by molar-refractivity contribution is 5.76. The predicted octanol–water partition coefficient (Wildman–Crippen LogP) is -0.481. The minimum absolute atomic E-state index is 0.0462. The van der Waals surface area contributed by atoms with E-state index in [4.69, 9.17) is 20.9 Å². The third-order valence-electron chi connectivity index (χ3n) is 5.44. The van der Waals surface area contributed by atoms with Crippen molar-refractivity contribution in [2.24, 2.45) is 23.5 Å². The Labute approximate surface area is 179 Å². The molecule has 170 valence electrons. The molecule has 1 aliphatic rings. The first-order valence-electron chi connectivity index (χ1n) is 10.0. The van der Waals surface area contributed by atoms with E-state index in [0.717, 1.165) is 4.57 Å². The van der Waals surface area contributed by atoms with Gasteiger partial charge in [0.15, 0.2) is 5.54 Å². The number of ether oxygens (including phenoxy) is 2. The van der Waals surface area contributed by atoms with Crippen molar-refractivity contribution in [3.63, 3.8) is 0 Å². The van der Waals surface area contributed by atoms with Crippen LogP contribution in [0.5, 0.6) is 0 Å². The molecule has 31 heavy (non-hydrogen) atoms. The van der Waals surface area contributed by atoms with Crippen LogP contribution < -0.4 is 17.2 Å². The van der Waals surface area contributed by atoms with Crippen LogP contribution in [-0.4, -0.2) is 51.5 Å². The highest BCUT2D eigenvalue weighted by Crippen LogP contribution is 2.42. The lowest BCUT2D eigenvalue weighted by Crippen LogP contribution is -2.50. The van der Waals surface area contributed by atoms with Gasteiger partial charge in [-0.15, -0.1) is 0 Å². The number of rotatable bonds is 7. The van der Waals surface area contributed by atoms with Crippen molar-refractivity contribution in [3.8, 4) is 6.07 Å². The summed E-state index contributed by atoms with van der Waals surface area (Å²) in [5.41, 5.74) is 8.73. The van der Waals surface area contributed by atoms with Crippen LogP contribution in [0, 0.1) is 29.1 Å². The predicted molar refractivity (Wildman–Crippen MR) is 109 cm³/mol. The van der Waals surface area contributed by atoms with E-state index in [9.17, 15) is 24.8 Å². The highest BCUT2D eigenvalue weighted by Gasteiger charge is 2.58. The summed E-state index contributed by atoms with van der Waals surface area (Å²) in [4.78, 5) is 40.5. The lowest BCUT2D eigenvalue weighted by molar-refractivity contribution is -0.163. The van der Waals surface area contributed by atoms with Gasteiger partial charge in [-0.1, -0.05) is 27.7 Å². The summed E-state index contributed by atoms with van der Waals surface area (Å²) in [6, 6.07) is 2.33. The fourth-order valence-electron chi connectivity index (χ4n) is 3.45. The Hall–Kier alpha value is -2.97. The molecule has 0 spiro atoms. The molecule has 1 saturated carbocycles. The number of aliphatic hydroxyl groups is 1. The molecule has 0 aromatic carbocycles. The molecule has 1 aromatic heterocycles. The van der Waals surface area contributed by atoms with Crippen molar-refractivity contribution in [2.45, 2.75) is 57.9 Å². The van der Waals surface area contributed by atoms with Gasteiger partial charge in [-0.3, -0.25) is 14.2 Å². The number of anilines is 1. The van der Waals surface area contributed by atoms with Crippen molar-refractivity contribution < 1.29 is 24.2 Å². The molecular formula is C20H29N5O6. The summed E-state index contributed by atoms with van der Waals surface area (Å²) >= 11 is 0. The average molecular weight is 435 g/mol. The van der Waals surface area contributed by atoms with E-state index in [1.807, 2.05) is 6.07 Å². The summed E-state index contributed by atoms with van der Waals surface area (Å²) < 4.78 is 11.7. The number of carbonyl (C=O) groups excluding carboxylic acids is 2. The van der Waals surface area contributed by atoms with Gasteiger partial charge in [-0.25, -0.2) is 4.79 Å². The summed E-state index contributed by atoms with van der Waals surface area (Å²) in [6.07, 6.45) is -1.72. The second-order valence-corrected chi connectivity index (χ2v) is 8.41. The van der Waals surface area contributed by atoms with Gasteiger partial charge < -0.3 is 26.0 Å². The number of nitrogens with zero attached hydrogens (tertiary/aromatic N) is 3. The normalized spacial score (nSPS) is 26.5. The zero-order valence-electron chi connectivity index (χ0n) is 18.0. The number of nitriles is 1. The zero-order chi connectivity index (χ0) is 23.5. The second kappa shape index (κ2) is 9.45. The SMILES string of the molecule is CC(C)C(=O)OC[C@H]1C[C@@](C#N)(n2ccc(N)nc2=O)C(O)C1OC(=O)[C@@H](N)C(C)C. The van der Waals surface area contributed by atoms with Crippen LogP contribution in [0.2, 0.25) is 0 Å². The van der Waals surface area contributed by atoms with Gasteiger partial charge in [-0.2, -0.15) is 10.2 Å². The fourth-order valence-corrected chi connectivity index (χ4v) is 3.45. The Morgan fingerprint density at radius 2 is 2.03 bits per heavy atom. The van der Waals surface area contributed by atoms with E-state index >= 15 is 0 Å². The fraction of sp³-hybridized carbons (Fsp3) is 0.650. The maximum Gasteiger partial charge on any atom is 0.350 e. The molecule has 11 nitrogen and oxygen atoms in total. The minimum Gasteiger partial charge on any atom is -0.465 e. The molecule has 5 atom stereocenters. The topological polar surface area (TPSA) is 184 Å². The van der Waals surface area contributed by atoms with Crippen LogP contribution in [0.3, 0.4) is 0 Å². The van der Waals surface area contributed by atoms with Crippen molar-refractivity contribution in [3.05, 3.63) is 22.7 Å². The minimum atomic E-state index is -1.81. The third-order valence-corrected chi connectivity index (χ3v) is 5.44. The molecule has 5 N–H and O–H groups in total. The van der Waals surface area contributed by atoms with Gasteiger partial charge >= 0.3 is 17.6 Å². The third kappa shape index (κ3) is 4.86. The van der Waals surface area contributed by atoms with Crippen LogP contribution in [0.4, 0.5) is 5.82 Å². The first kappa shape index (κ1) is 24.3. The number of hydrogen-bond acceptors (Lipinski definition) is 10. The Morgan fingerprint density at radius 3 is 2.55 bits per heavy atom. The second-order valence-electron chi connectivity index (χ2n) is 8.41. The molecule has 0 saturated heterocycles. The summed E-state index contributed by atoms with van der Waals surface area (Å²) in [5, 5.41) is 21.0. The number of hydrogen-bond donors (Lipinski definition) is 3. The van der Waals surface area contributed by atoms with Crippen molar-refractivity contribution >= 4 is 17.8 Å². The number of esters is 2. The maximum atomic E-state index is 12.5. The molecule has 0 bridgehead atoms. The summed E-state index contributed by atoms with van der Waals surface area (Å²) in [5.74, 6) is -2.69. The van der Waals surface area contributed by atoms with E-state index in [1.165, 1.54) is 12.3 Å². The summed E-state index contributed by atoms with van der Waals surface area (Å²) in [7, 11) is 0. The largest absolute Gasteiger partial charge is 0.465 e. The quantitative estimate of drug-likeness (QED) is 0.473. The summed E-state index contributed by atoms with van der Waals surface area (Å²) in [6.45, 7) is 6.56. The van der Waals surface area contributed by atoms with E-state index in [2.05, 4.69) is 4.98 Å². The number of aliphatic hydroxyl groups excluding tert-OH is 1. The van der Waals surface area contributed by atoms with Crippen LogP contribution in [0.1, 0.15) is 34.1 Å². The van der Waals surface area contributed by atoms with Gasteiger partial charge in [0.1, 0.15) is 24.1 Å². The van der Waals surface area contributed by atoms with E-state index < -0.39 is 53.3 Å². The lowest BCUT2D eigenvalue weighted by Gasteiger charge is -2.29. The van der Waals surface area contributed by atoms with Gasteiger partial charge in [0.25, 0.3) is 0 Å². The Balaban J connectivity index is 2.43. The number of carbonyl (C=O) groups is 2. The van der Waals surface area contributed by atoms with E-state index in [-0.39, 0.29) is 24.8 Å². The van der Waals surface area contributed by atoms with Gasteiger partial charge in [-0.05, 0) is 18.4 Å². The van der Waals surface area contributed by atoms with Crippen LogP contribution in [0.15, 0.2) is 17.1 Å². The van der Waals surface area contributed by atoms with E-state index in [1.54, 1.807) is 27.7 Å². The molecule has 1 aliphatic carbocycles. The first-order chi connectivity index (χ1) is 14.4. The molecule has 2 rings (SSSR count). The smallest absolute Gasteiger partial charge is 0.350 e. The van der Waals surface area contributed by atoms with Crippen LogP contribution >= 0.6 is 0 Å². The highest BCUT2D eigenvalue weighted by atomic mass is 16.6. The molecule has 1 fully saturated rings. The van der Waals surface area contributed by atoms with Crippen molar-refractivity contribution in [1.82, 2.24) is 9.55 Å². The van der Waals surface area contributed by atoms with E-state index in [0.29, 0.717) is 0 Å². The Bertz CT molecular complexity index is 923. The molecule has 1 heterocycles. The lowest BCUT2D eigenvalue weighted by atomic mass is 9.95. The van der Waals surface area contributed by atoms with Gasteiger partial charge in [0, 0.05) is 12.1 Å². The van der Waals surface area contributed by atoms with Gasteiger partial charge in [0.05, 0.1) is 18.6 Å². The molecule has 0 amide bonds. The Kier molecular flexibility index (Phi) is 7.41.